The number of fused-ring (bicyclic) bond motifs is 1. The van der Waals surface area contributed by atoms with Crippen molar-refractivity contribution in [1.29, 1.82) is 0 Å². The lowest BCUT2D eigenvalue weighted by atomic mass is 10.2. The van der Waals surface area contributed by atoms with Crippen LogP contribution in [0.5, 0.6) is 0 Å². The molecule has 1 N–H and O–H groups in total. The smallest absolute Gasteiger partial charge is 0.340 e. The number of carbonyl (C=O) groups is 1. The van der Waals surface area contributed by atoms with Gasteiger partial charge >= 0.3 is 5.97 Å². The molecule has 3 rings (SSSR count). The van der Waals surface area contributed by atoms with E-state index >= 15 is 0 Å². The molecule has 6 nitrogen and oxygen atoms in total. The van der Waals surface area contributed by atoms with Gasteiger partial charge < -0.3 is 4.74 Å². The second-order valence-corrected chi connectivity index (χ2v) is 6.77. The molecule has 128 valence electrons. The van der Waals surface area contributed by atoms with Gasteiger partial charge in [0.1, 0.15) is 10.7 Å². The van der Waals surface area contributed by atoms with E-state index in [2.05, 4.69) is 14.4 Å². The Labute approximate surface area is 143 Å². The lowest BCUT2D eigenvalue weighted by Gasteiger charge is -2.11. The predicted octanol–water partition coefficient (Wildman–Crippen LogP) is 2.96. The molecule has 0 unspecified atom stereocenters. The number of ether oxygens (including phenoxy) is 1. The summed E-state index contributed by atoms with van der Waals surface area (Å²) in [6, 6.07) is 11.6. The number of halogens is 1. The third-order valence-electron chi connectivity index (χ3n) is 3.51. The summed E-state index contributed by atoms with van der Waals surface area (Å²) in [6.07, 6.45) is 1.49. The van der Waals surface area contributed by atoms with Crippen molar-refractivity contribution in [1.82, 2.24) is 4.98 Å². The number of carbonyl (C=O) groups excluding carboxylic acids is 1. The number of pyridine rings is 1. The number of hydrogen-bond donors (Lipinski definition) is 1. The predicted molar refractivity (Wildman–Crippen MR) is 90.3 cm³/mol. The topological polar surface area (TPSA) is 85.4 Å². The molecule has 0 aliphatic carbocycles. The van der Waals surface area contributed by atoms with Crippen molar-refractivity contribution in [3.63, 3.8) is 0 Å². The van der Waals surface area contributed by atoms with E-state index in [1.165, 1.54) is 18.3 Å². The Morgan fingerprint density at radius 2 is 1.92 bits per heavy atom. The molecule has 1 heterocycles. The van der Waals surface area contributed by atoms with Gasteiger partial charge in [-0.1, -0.05) is 18.2 Å². The number of rotatable bonds is 4. The second kappa shape index (κ2) is 6.48. The molecule has 0 amide bonds. The highest BCUT2D eigenvalue weighted by Gasteiger charge is 2.20. The first-order valence-corrected chi connectivity index (χ1v) is 8.65. The molecule has 25 heavy (non-hydrogen) atoms. The number of esters is 1. The molecule has 0 saturated heterocycles. The van der Waals surface area contributed by atoms with Gasteiger partial charge in [-0.15, -0.1) is 0 Å². The van der Waals surface area contributed by atoms with E-state index in [0.29, 0.717) is 10.9 Å². The average molecular weight is 360 g/mol. The summed E-state index contributed by atoms with van der Waals surface area (Å²) in [7, 11) is -2.86. The highest BCUT2D eigenvalue weighted by Crippen LogP contribution is 2.24. The first-order valence-electron chi connectivity index (χ1n) is 7.17. The van der Waals surface area contributed by atoms with Gasteiger partial charge in [-0.25, -0.2) is 17.6 Å². The van der Waals surface area contributed by atoms with Gasteiger partial charge in [0.25, 0.3) is 10.0 Å². The van der Waals surface area contributed by atoms with Crippen LogP contribution in [-0.2, 0) is 14.8 Å². The van der Waals surface area contributed by atoms with Gasteiger partial charge in [0.2, 0.25) is 0 Å². The number of anilines is 1. The van der Waals surface area contributed by atoms with Crippen LogP contribution in [0, 0.1) is 5.82 Å². The number of nitrogens with one attached hydrogen (secondary N) is 1. The average Bonchev–Trinajstić information content (AvgIpc) is 2.60. The molecule has 8 heteroatoms. The molecule has 0 atom stereocenters. The molecule has 1 aromatic heterocycles. The van der Waals surface area contributed by atoms with Crippen LogP contribution in [0.4, 0.5) is 10.1 Å². The van der Waals surface area contributed by atoms with Crippen LogP contribution >= 0.6 is 0 Å². The van der Waals surface area contributed by atoms with Crippen molar-refractivity contribution in [3.05, 3.63) is 66.1 Å². The van der Waals surface area contributed by atoms with Crippen molar-refractivity contribution < 1.29 is 22.3 Å². The Morgan fingerprint density at radius 3 is 2.64 bits per heavy atom. The molecular weight excluding hydrogens is 347 g/mol. The van der Waals surface area contributed by atoms with E-state index in [1.54, 1.807) is 24.3 Å². The molecule has 0 saturated carbocycles. The number of nitrogens with zero attached hydrogens (tertiary/aromatic N) is 1. The second-order valence-electron chi connectivity index (χ2n) is 5.12. The minimum Gasteiger partial charge on any atom is -0.465 e. The van der Waals surface area contributed by atoms with Gasteiger partial charge in [0.15, 0.2) is 0 Å². The minimum atomic E-state index is -3.99. The Morgan fingerprint density at radius 1 is 1.16 bits per heavy atom. The summed E-state index contributed by atoms with van der Waals surface area (Å²) in [4.78, 5) is 15.5. The van der Waals surface area contributed by atoms with Gasteiger partial charge in [0.05, 0.1) is 23.9 Å². The van der Waals surface area contributed by atoms with Gasteiger partial charge in [0, 0.05) is 11.6 Å². The summed E-state index contributed by atoms with van der Waals surface area (Å²) >= 11 is 0. The van der Waals surface area contributed by atoms with Crippen molar-refractivity contribution in [3.8, 4) is 0 Å². The highest BCUT2D eigenvalue weighted by molar-refractivity contribution is 7.93. The monoisotopic (exact) mass is 360 g/mol. The maximum Gasteiger partial charge on any atom is 0.340 e. The molecule has 0 spiro atoms. The summed E-state index contributed by atoms with van der Waals surface area (Å²) in [5.41, 5.74) is 0.0134. The molecule has 0 aliphatic heterocycles. The zero-order chi connectivity index (χ0) is 18.0. The maximum atomic E-state index is 14.0. The molecule has 0 radical (unpaired) electrons. The Bertz CT molecular complexity index is 1060. The third-order valence-corrected chi connectivity index (χ3v) is 4.92. The van der Waals surface area contributed by atoms with Crippen LogP contribution in [0.2, 0.25) is 0 Å². The van der Waals surface area contributed by atoms with Crippen LogP contribution in [0.1, 0.15) is 10.4 Å². The van der Waals surface area contributed by atoms with Crippen molar-refractivity contribution >= 4 is 32.6 Å². The largest absolute Gasteiger partial charge is 0.465 e. The fourth-order valence-corrected chi connectivity index (χ4v) is 3.59. The van der Waals surface area contributed by atoms with Gasteiger partial charge in [-0.05, 0) is 30.3 Å². The van der Waals surface area contributed by atoms with E-state index in [0.717, 1.165) is 19.2 Å². The normalized spacial score (nSPS) is 11.3. The molecule has 0 aliphatic rings. The van der Waals surface area contributed by atoms with Gasteiger partial charge in [-0.2, -0.15) is 0 Å². The number of benzene rings is 2. The zero-order valence-electron chi connectivity index (χ0n) is 13.1. The van der Waals surface area contributed by atoms with Crippen LogP contribution < -0.4 is 4.72 Å². The summed E-state index contributed by atoms with van der Waals surface area (Å²) in [6.45, 7) is 0. The SMILES string of the molecule is COC(=O)c1ccc(NS(=O)(=O)c2cccc3cccnc23)cc1F. The Kier molecular flexibility index (Phi) is 4.37. The first kappa shape index (κ1) is 16.8. The van der Waals surface area contributed by atoms with E-state index in [4.69, 9.17) is 0 Å². The quantitative estimate of drug-likeness (QED) is 0.723. The number of methoxy groups -OCH3 is 1. The maximum absolute atomic E-state index is 14.0. The fourth-order valence-electron chi connectivity index (χ4n) is 2.36. The van der Waals surface area contributed by atoms with E-state index < -0.39 is 21.8 Å². The fraction of sp³-hybridized carbons (Fsp3) is 0.0588. The summed E-state index contributed by atoms with van der Waals surface area (Å²) < 4.78 is 46.0. The highest BCUT2D eigenvalue weighted by atomic mass is 32.2. The van der Waals surface area contributed by atoms with Crippen LogP contribution in [0.15, 0.2) is 59.6 Å². The summed E-state index contributed by atoms with van der Waals surface area (Å²) in [5.74, 6) is -1.73. The molecule has 2 aromatic carbocycles. The zero-order valence-corrected chi connectivity index (χ0v) is 13.9. The third kappa shape index (κ3) is 3.29. The van der Waals surface area contributed by atoms with Crippen LogP contribution in [0.3, 0.4) is 0 Å². The Balaban J connectivity index is 1.99. The number of para-hydroxylation sites is 1. The lowest BCUT2D eigenvalue weighted by Crippen LogP contribution is -2.14. The van der Waals surface area contributed by atoms with Crippen molar-refractivity contribution in [2.75, 3.05) is 11.8 Å². The van der Waals surface area contributed by atoms with Crippen LogP contribution in [0.25, 0.3) is 10.9 Å². The first-order chi connectivity index (χ1) is 11.9. The Hall–Kier alpha value is -3.00. The standard InChI is InChI=1S/C17H13FN2O4S/c1-24-17(21)13-8-7-12(10-14(13)18)20-25(22,23)15-6-2-4-11-5-3-9-19-16(11)15/h2-10,20H,1H3. The lowest BCUT2D eigenvalue weighted by molar-refractivity contribution is 0.0595. The molecule has 3 aromatic rings. The molecule has 0 bridgehead atoms. The number of aromatic nitrogens is 1. The van der Waals surface area contributed by atoms with Crippen molar-refractivity contribution in [2.24, 2.45) is 0 Å². The summed E-state index contributed by atoms with van der Waals surface area (Å²) in [5, 5.41) is 0.664. The van der Waals surface area contributed by atoms with E-state index in [-0.39, 0.29) is 16.1 Å². The number of sulfonamides is 1. The van der Waals surface area contributed by atoms with Crippen LogP contribution in [-0.4, -0.2) is 26.5 Å². The van der Waals surface area contributed by atoms with Crippen molar-refractivity contribution in [2.45, 2.75) is 4.90 Å². The van der Waals surface area contributed by atoms with E-state index in [9.17, 15) is 17.6 Å². The van der Waals surface area contributed by atoms with Gasteiger partial charge in [-0.3, -0.25) is 9.71 Å². The molecular formula is C17H13FN2O4S. The number of hydrogen-bond acceptors (Lipinski definition) is 5. The van der Waals surface area contributed by atoms with E-state index in [1.807, 2.05) is 0 Å². The minimum absolute atomic E-state index is 0.0157. The molecule has 0 fully saturated rings.